The van der Waals surface area contributed by atoms with Gasteiger partial charge in [-0.15, -0.1) is 0 Å². The predicted octanol–water partition coefficient (Wildman–Crippen LogP) is 4.55. The fourth-order valence-corrected chi connectivity index (χ4v) is 4.98. The van der Waals surface area contributed by atoms with Crippen LogP contribution >= 0.6 is 0 Å². The number of alkyl halides is 3. The minimum atomic E-state index is -4.44. The summed E-state index contributed by atoms with van der Waals surface area (Å²) in [6.07, 6.45) is -1.61. The Morgan fingerprint density at radius 3 is 2.65 bits per heavy atom. The van der Waals surface area contributed by atoms with Gasteiger partial charge >= 0.3 is 6.18 Å². The molecule has 4 heterocycles. The van der Waals surface area contributed by atoms with Gasteiger partial charge in [0.15, 0.2) is 0 Å². The van der Waals surface area contributed by atoms with Gasteiger partial charge in [-0.1, -0.05) is 18.2 Å². The molecule has 2 bridgehead atoms. The van der Waals surface area contributed by atoms with Crippen molar-refractivity contribution in [2.24, 2.45) is 5.92 Å². The Morgan fingerprint density at radius 2 is 1.87 bits per heavy atom. The number of benzene rings is 1. The lowest BCUT2D eigenvalue weighted by atomic mass is 9.82. The van der Waals surface area contributed by atoms with Gasteiger partial charge in [0.25, 0.3) is 5.56 Å². The first-order valence-electron chi connectivity index (χ1n) is 10.4. The molecular weight excluding hydrogens is 403 g/mol. The molecular formula is C24H22F3N3O. The van der Waals surface area contributed by atoms with Crippen molar-refractivity contribution in [1.82, 2.24) is 14.5 Å². The van der Waals surface area contributed by atoms with Gasteiger partial charge in [0.05, 0.1) is 11.3 Å². The maximum Gasteiger partial charge on any atom is 0.416 e. The maximum atomic E-state index is 13.2. The zero-order valence-corrected chi connectivity index (χ0v) is 16.8. The molecule has 7 heteroatoms. The van der Waals surface area contributed by atoms with Gasteiger partial charge in [-0.25, -0.2) is 0 Å². The van der Waals surface area contributed by atoms with E-state index in [1.54, 1.807) is 22.9 Å². The molecule has 160 valence electrons. The fourth-order valence-electron chi connectivity index (χ4n) is 4.98. The number of piperidine rings is 1. The summed E-state index contributed by atoms with van der Waals surface area (Å²) >= 11 is 0. The van der Waals surface area contributed by atoms with E-state index in [4.69, 9.17) is 0 Å². The molecule has 2 aliphatic heterocycles. The van der Waals surface area contributed by atoms with Crippen molar-refractivity contribution in [2.45, 2.75) is 31.6 Å². The van der Waals surface area contributed by atoms with E-state index in [0.29, 0.717) is 23.6 Å². The Morgan fingerprint density at radius 1 is 1.00 bits per heavy atom. The smallest absolute Gasteiger partial charge is 0.311 e. The summed E-state index contributed by atoms with van der Waals surface area (Å²) in [4.78, 5) is 20.0. The molecule has 0 aliphatic carbocycles. The number of rotatable bonds is 3. The quantitative estimate of drug-likeness (QED) is 0.618. The summed E-state index contributed by atoms with van der Waals surface area (Å²) < 4.78 is 41.1. The first-order valence-corrected chi connectivity index (χ1v) is 10.4. The van der Waals surface area contributed by atoms with E-state index in [1.807, 2.05) is 24.3 Å². The van der Waals surface area contributed by atoms with Crippen molar-refractivity contribution >= 4 is 0 Å². The molecule has 0 saturated carbocycles. The van der Waals surface area contributed by atoms with E-state index in [0.717, 1.165) is 49.6 Å². The maximum absolute atomic E-state index is 13.2. The minimum absolute atomic E-state index is 0.204. The van der Waals surface area contributed by atoms with Crippen molar-refractivity contribution in [3.8, 4) is 11.1 Å². The summed E-state index contributed by atoms with van der Waals surface area (Å²) in [5.74, 6) is 0.573. The Kier molecular flexibility index (Phi) is 4.93. The van der Waals surface area contributed by atoms with Crippen LogP contribution in [0.5, 0.6) is 0 Å². The first-order chi connectivity index (χ1) is 14.9. The van der Waals surface area contributed by atoms with E-state index in [2.05, 4.69) is 9.88 Å². The van der Waals surface area contributed by atoms with Crippen LogP contribution in [0.4, 0.5) is 13.2 Å². The molecule has 2 aromatic heterocycles. The van der Waals surface area contributed by atoms with E-state index in [1.165, 1.54) is 6.07 Å². The van der Waals surface area contributed by atoms with Crippen LogP contribution in [0.3, 0.4) is 0 Å². The van der Waals surface area contributed by atoms with E-state index >= 15 is 0 Å². The number of nitrogens with zero attached hydrogens (tertiary/aromatic N) is 3. The predicted molar refractivity (Wildman–Crippen MR) is 112 cm³/mol. The number of hydrogen-bond donors (Lipinski definition) is 0. The average Bonchev–Trinajstić information content (AvgIpc) is 2.75. The number of halogens is 3. The van der Waals surface area contributed by atoms with Crippen LogP contribution < -0.4 is 5.56 Å². The summed E-state index contributed by atoms with van der Waals surface area (Å²) in [6.45, 7) is 3.10. The third-order valence-electron chi connectivity index (χ3n) is 6.29. The SMILES string of the molecule is O=c1c(-c2cccc(C(F)(F)F)c2)ccc2n1C[C@H]1C[C@@H]2CN(Cc2ccccn2)C1. The second-order valence-electron chi connectivity index (χ2n) is 8.48. The first kappa shape index (κ1) is 20.0. The molecule has 31 heavy (non-hydrogen) atoms. The molecule has 0 N–H and O–H groups in total. The summed E-state index contributed by atoms with van der Waals surface area (Å²) in [5, 5.41) is 0. The number of likely N-dealkylation sites (tertiary alicyclic amines) is 1. The molecule has 4 nitrogen and oxygen atoms in total. The second-order valence-corrected chi connectivity index (χ2v) is 8.48. The van der Waals surface area contributed by atoms with Crippen LogP contribution in [0.15, 0.2) is 65.6 Å². The summed E-state index contributed by atoms with van der Waals surface area (Å²) in [6, 6.07) is 14.5. The number of pyridine rings is 2. The van der Waals surface area contributed by atoms with Crippen molar-refractivity contribution in [3.05, 3.63) is 88.1 Å². The van der Waals surface area contributed by atoms with Gasteiger partial charge in [0, 0.05) is 49.6 Å². The molecule has 0 unspecified atom stereocenters. The third-order valence-corrected chi connectivity index (χ3v) is 6.29. The molecule has 5 rings (SSSR count). The van der Waals surface area contributed by atoms with E-state index in [-0.39, 0.29) is 11.5 Å². The largest absolute Gasteiger partial charge is 0.416 e. The van der Waals surface area contributed by atoms with E-state index < -0.39 is 11.7 Å². The van der Waals surface area contributed by atoms with Crippen LogP contribution in [0.2, 0.25) is 0 Å². The second kappa shape index (κ2) is 7.64. The van der Waals surface area contributed by atoms with Crippen LogP contribution in [-0.2, 0) is 19.3 Å². The zero-order valence-electron chi connectivity index (χ0n) is 16.8. The van der Waals surface area contributed by atoms with Gasteiger partial charge in [0.1, 0.15) is 0 Å². The van der Waals surface area contributed by atoms with Crippen LogP contribution in [-0.4, -0.2) is 27.5 Å². The van der Waals surface area contributed by atoms with Gasteiger partial charge in [-0.05, 0) is 54.3 Å². The number of fused-ring (bicyclic) bond motifs is 4. The van der Waals surface area contributed by atoms with Crippen molar-refractivity contribution in [2.75, 3.05) is 13.1 Å². The van der Waals surface area contributed by atoms with Crippen molar-refractivity contribution in [3.63, 3.8) is 0 Å². The Bertz CT molecular complexity index is 1160. The minimum Gasteiger partial charge on any atom is -0.311 e. The topological polar surface area (TPSA) is 38.1 Å². The van der Waals surface area contributed by atoms with Crippen LogP contribution in [0, 0.1) is 5.92 Å². The van der Waals surface area contributed by atoms with Crippen molar-refractivity contribution in [1.29, 1.82) is 0 Å². The zero-order chi connectivity index (χ0) is 21.6. The molecule has 2 atom stereocenters. The molecule has 1 fully saturated rings. The molecule has 0 spiro atoms. The van der Waals surface area contributed by atoms with Gasteiger partial charge < -0.3 is 4.57 Å². The summed E-state index contributed by atoms with van der Waals surface area (Å²) in [5.41, 5.74) is 1.68. The number of hydrogen-bond acceptors (Lipinski definition) is 3. The lowest BCUT2D eigenvalue weighted by Crippen LogP contribution is -2.47. The lowest BCUT2D eigenvalue weighted by molar-refractivity contribution is -0.137. The highest BCUT2D eigenvalue weighted by molar-refractivity contribution is 5.63. The van der Waals surface area contributed by atoms with Crippen LogP contribution in [0.1, 0.15) is 29.3 Å². The standard InChI is InChI=1S/C24H22F3N3O/c25-24(26,27)19-5-3-4-17(11-19)21-7-8-22-18-10-16(13-30(22)23(21)31)12-29(14-18)15-20-6-1-2-9-28-20/h1-9,11,16,18H,10,12-15H2/t16-,18+/m0/s1. The molecule has 1 saturated heterocycles. The van der Waals surface area contributed by atoms with E-state index in [9.17, 15) is 18.0 Å². The lowest BCUT2D eigenvalue weighted by Gasteiger charge is -2.42. The summed E-state index contributed by atoms with van der Waals surface area (Å²) in [7, 11) is 0. The van der Waals surface area contributed by atoms with Gasteiger partial charge in [0.2, 0.25) is 0 Å². The highest BCUT2D eigenvalue weighted by Gasteiger charge is 2.35. The third kappa shape index (κ3) is 3.90. The Balaban J connectivity index is 1.44. The fraction of sp³-hybridized carbons (Fsp3) is 0.333. The average molecular weight is 425 g/mol. The Hall–Kier alpha value is -2.93. The molecule has 3 aromatic rings. The molecule has 0 radical (unpaired) electrons. The molecule has 0 amide bonds. The van der Waals surface area contributed by atoms with Gasteiger partial charge in [-0.3, -0.25) is 14.7 Å². The van der Waals surface area contributed by atoms with Gasteiger partial charge in [-0.2, -0.15) is 13.2 Å². The Labute approximate surface area is 178 Å². The number of aromatic nitrogens is 2. The molecule has 2 aliphatic rings. The monoisotopic (exact) mass is 425 g/mol. The normalized spacial score (nSPS) is 21.0. The molecule has 1 aromatic carbocycles. The highest BCUT2D eigenvalue weighted by atomic mass is 19.4. The van der Waals surface area contributed by atoms with Crippen LogP contribution in [0.25, 0.3) is 11.1 Å². The highest BCUT2D eigenvalue weighted by Crippen LogP contribution is 2.37. The van der Waals surface area contributed by atoms with Crippen molar-refractivity contribution < 1.29 is 13.2 Å².